The molecule has 25 heavy (non-hydrogen) atoms. The molecule has 3 rings (SSSR count). The van der Waals surface area contributed by atoms with E-state index in [1.807, 2.05) is 0 Å². The Morgan fingerprint density at radius 1 is 1.28 bits per heavy atom. The lowest BCUT2D eigenvalue weighted by Gasteiger charge is -2.08. The van der Waals surface area contributed by atoms with Gasteiger partial charge in [-0.3, -0.25) is 4.79 Å². The Balaban J connectivity index is 1.60. The highest BCUT2D eigenvalue weighted by molar-refractivity contribution is 8.00. The predicted octanol–water partition coefficient (Wildman–Crippen LogP) is 1.78. The number of hydrogen-bond donors (Lipinski definition) is 2. The van der Waals surface area contributed by atoms with E-state index in [9.17, 15) is 14.4 Å². The number of rotatable bonds is 5. The lowest BCUT2D eigenvalue weighted by Crippen LogP contribution is -2.17. The van der Waals surface area contributed by atoms with Crippen LogP contribution in [0.1, 0.15) is 28.0 Å². The largest absolute Gasteiger partial charge is 0.465 e. The summed E-state index contributed by atoms with van der Waals surface area (Å²) in [6, 6.07) is 6.44. The van der Waals surface area contributed by atoms with E-state index in [0.717, 1.165) is 30.5 Å². The van der Waals surface area contributed by atoms with Crippen LogP contribution in [0.4, 0.5) is 5.69 Å². The van der Waals surface area contributed by atoms with Crippen molar-refractivity contribution in [3.8, 4) is 0 Å². The SMILES string of the molecule is COC(=O)c1ccc(NC(=O)CSc2nc(=O)[nH]c3c2CCC3)cc1. The molecule has 1 aliphatic carbocycles. The van der Waals surface area contributed by atoms with Crippen LogP contribution in [0, 0.1) is 0 Å². The standard InChI is InChI=1S/C17H17N3O4S/c1-24-16(22)10-5-7-11(8-6-10)18-14(21)9-25-15-12-3-2-4-13(12)19-17(23)20-15/h5-8H,2-4,9H2,1H3,(H,18,21)(H,19,20,23). The van der Waals surface area contributed by atoms with Gasteiger partial charge in [-0.2, -0.15) is 4.98 Å². The molecule has 1 heterocycles. The van der Waals surface area contributed by atoms with E-state index >= 15 is 0 Å². The number of amides is 1. The van der Waals surface area contributed by atoms with Gasteiger partial charge in [0, 0.05) is 16.9 Å². The molecule has 1 aliphatic rings. The molecule has 0 radical (unpaired) electrons. The van der Waals surface area contributed by atoms with Crippen molar-refractivity contribution < 1.29 is 14.3 Å². The summed E-state index contributed by atoms with van der Waals surface area (Å²) in [6.07, 6.45) is 2.71. The van der Waals surface area contributed by atoms with E-state index in [1.165, 1.54) is 18.9 Å². The fourth-order valence-electron chi connectivity index (χ4n) is 2.69. The van der Waals surface area contributed by atoms with Crippen LogP contribution in [-0.2, 0) is 22.4 Å². The smallest absolute Gasteiger partial charge is 0.346 e. The zero-order chi connectivity index (χ0) is 17.8. The number of carbonyl (C=O) groups is 2. The van der Waals surface area contributed by atoms with E-state index in [1.54, 1.807) is 24.3 Å². The van der Waals surface area contributed by atoms with Gasteiger partial charge in [0.05, 0.1) is 18.4 Å². The average molecular weight is 359 g/mol. The molecule has 1 amide bonds. The number of anilines is 1. The molecule has 1 aromatic carbocycles. The number of nitrogens with zero attached hydrogens (tertiary/aromatic N) is 1. The lowest BCUT2D eigenvalue weighted by molar-refractivity contribution is -0.113. The minimum absolute atomic E-state index is 0.154. The van der Waals surface area contributed by atoms with Crippen molar-refractivity contribution in [2.24, 2.45) is 0 Å². The first-order valence-electron chi connectivity index (χ1n) is 7.80. The van der Waals surface area contributed by atoms with Crippen molar-refractivity contribution in [1.82, 2.24) is 9.97 Å². The summed E-state index contributed by atoms with van der Waals surface area (Å²) in [4.78, 5) is 41.8. The number of H-pyrrole nitrogens is 1. The van der Waals surface area contributed by atoms with E-state index in [0.29, 0.717) is 16.3 Å². The molecule has 0 unspecified atom stereocenters. The molecule has 2 aromatic rings. The zero-order valence-electron chi connectivity index (χ0n) is 13.6. The summed E-state index contributed by atoms with van der Waals surface area (Å²) in [7, 11) is 1.31. The fourth-order valence-corrected chi connectivity index (χ4v) is 3.58. The van der Waals surface area contributed by atoms with Crippen molar-refractivity contribution in [1.29, 1.82) is 0 Å². The number of hydrogen-bond acceptors (Lipinski definition) is 6. The van der Waals surface area contributed by atoms with Crippen molar-refractivity contribution in [2.45, 2.75) is 24.3 Å². The first-order valence-corrected chi connectivity index (χ1v) is 8.78. The Hall–Kier alpha value is -2.61. The summed E-state index contributed by atoms with van der Waals surface area (Å²) in [6.45, 7) is 0. The molecular weight excluding hydrogens is 342 g/mol. The minimum atomic E-state index is -0.428. The van der Waals surface area contributed by atoms with Crippen LogP contribution < -0.4 is 11.0 Å². The fraction of sp³-hybridized carbons (Fsp3) is 0.294. The number of ether oxygens (including phenoxy) is 1. The van der Waals surface area contributed by atoms with Gasteiger partial charge >= 0.3 is 11.7 Å². The van der Waals surface area contributed by atoms with Crippen molar-refractivity contribution in [3.63, 3.8) is 0 Å². The van der Waals surface area contributed by atoms with Crippen LogP contribution in [0.15, 0.2) is 34.1 Å². The van der Waals surface area contributed by atoms with Crippen LogP contribution >= 0.6 is 11.8 Å². The summed E-state index contributed by atoms with van der Waals surface area (Å²) >= 11 is 1.26. The third-order valence-corrected chi connectivity index (χ3v) is 4.88. The number of nitrogens with one attached hydrogen (secondary N) is 2. The van der Waals surface area contributed by atoms with Gasteiger partial charge in [-0.25, -0.2) is 9.59 Å². The first kappa shape index (κ1) is 17.2. The highest BCUT2D eigenvalue weighted by Crippen LogP contribution is 2.27. The van der Waals surface area contributed by atoms with Crippen LogP contribution in [0.2, 0.25) is 0 Å². The molecule has 0 saturated heterocycles. The molecule has 0 bridgehead atoms. The molecule has 0 saturated carbocycles. The second-order valence-corrected chi connectivity index (χ2v) is 6.53. The van der Waals surface area contributed by atoms with Gasteiger partial charge in [0.1, 0.15) is 5.03 Å². The molecule has 1 aromatic heterocycles. The molecular formula is C17H17N3O4S. The second kappa shape index (κ2) is 7.52. The van der Waals surface area contributed by atoms with Crippen molar-refractivity contribution in [2.75, 3.05) is 18.2 Å². The van der Waals surface area contributed by atoms with Gasteiger partial charge in [-0.1, -0.05) is 11.8 Å². The number of benzene rings is 1. The first-order chi connectivity index (χ1) is 12.1. The number of thioether (sulfide) groups is 1. The van der Waals surface area contributed by atoms with Gasteiger partial charge < -0.3 is 15.0 Å². The number of fused-ring (bicyclic) bond motifs is 1. The molecule has 130 valence electrons. The predicted molar refractivity (Wildman–Crippen MR) is 94.0 cm³/mol. The third-order valence-electron chi connectivity index (χ3n) is 3.87. The van der Waals surface area contributed by atoms with Gasteiger partial charge in [-0.05, 0) is 43.5 Å². The Labute approximate surface area is 148 Å². The third kappa shape index (κ3) is 4.08. The maximum absolute atomic E-state index is 12.1. The summed E-state index contributed by atoms with van der Waals surface area (Å²) in [5, 5.41) is 3.38. The van der Waals surface area contributed by atoms with E-state index in [-0.39, 0.29) is 17.3 Å². The van der Waals surface area contributed by atoms with Crippen molar-refractivity contribution in [3.05, 3.63) is 51.6 Å². The number of aryl methyl sites for hydroxylation is 1. The highest BCUT2D eigenvalue weighted by Gasteiger charge is 2.18. The molecule has 0 spiro atoms. The average Bonchev–Trinajstić information content (AvgIpc) is 3.08. The summed E-state index contributed by atoms with van der Waals surface area (Å²) < 4.78 is 4.63. The van der Waals surface area contributed by atoms with Gasteiger partial charge in [-0.15, -0.1) is 0 Å². The number of methoxy groups -OCH3 is 1. The summed E-state index contributed by atoms with van der Waals surface area (Å²) in [5.41, 5.74) is 2.60. The van der Waals surface area contributed by atoms with Gasteiger partial charge in [0.25, 0.3) is 0 Å². The van der Waals surface area contributed by atoms with Gasteiger partial charge in [0.2, 0.25) is 5.91 Å². The monoisotopic (exact) mass is 359 g/mol. The van der Waals surface area contributed by atoms with Crippen LogP contribution in [0.5, 0.6) is 0 Å². The van der Waals surface area contributed by atoms with Gasteiger partial charge in [0.15, 0.2) is 0 Å². The maximum atomic E-state index is 12.1. The number of aromatic amines is 1. The normalized spacial score (nSPS) is 12.5. The molecule has 0 fully saturated rings. The molecule has 0 aliphatic heterocycles. The summed E-state index contributed by atoms with van der Waals surface area (Å²) in [5.74, 6) is -0.478. The van der Waals surface area contributed by atoms with E-state index in [2.05, 4.69) is 20.0 Å². The Morgan fingerprint density at radius 3 is 2.76 bits per heavy atom. The van der Waals surface area contributed by atoms with E-state index < -0.39 is 5.97 Å². The van der Waals surface area contributed by atoms with Crippen LogP contribution in [0.25, 0.3) is 0 Å². The molecule has 7 nitrogen and oxygen atoms in total. The quantitative estimate of drug-likeness (QED) is 0.479. The molecule has 0 atom stereocenters. The molecule has 8 heteroatoms. The minimum Gasteiger partial charge on any atom is -0.465 e. The zero-order valence-corrected chi connectivity index (χ0v) is 14.4. The van der Waals surface area contributed by atoms with Crippen LogP contribution in [0.3, 0.4) is 0 Å². The van der Waals surface area contributed by atoms with Crippen LogP contribution in [-0.4, -0.2) is 34.7 Å². The number of aromatic nitrogens is 2. The maximum Gasteiger partial charge on any atom is 0.346 e. The second-order valence-electron chi connectivity index (χ2n) is 5.56. The Kier molecular flexibility index (Phi) is 5.18. The topological polar surface area (TPSA) is 101 Å². The number of carbonyl (C=O) groups excluding carboxylic acids is 2. The molecule has 2 N–H and O–H groups in total. The lowest BCUT2D eigenvalue weighted by atomic mass is 10.2. The Bertz CT molecular complexity index is 861. The van der Waals surface area contributed by atoms with E-state index in [4.69, 9.17) is 0 Å². The highest BCUT2D eigenvalue weighted by atomic mass is 32.2. The Morgan fingerprint density at radius 2 is 2.04 bits per heavy atom. The number of esters is 1. The van der Waals surface area contributed by atoms with Crippen molar-refractivity contribution >= 4 is 29.3 Å².